The van der Waals surface area contributed by atoms with Crippen LogP contribution in [0.1, 0.15) is 26.3 Å². The summed E-state index contributed by atoms with van der Waals surface area (Å²) >= 11 is 0. The molecular weight excluding hydrogens is 312 g/mol. The van der Waals surface area contributed by atoms with Crippen LogP contribution >= 0.6 is 0 Å². The normalized spacial score (nSPS) is 11.3. The van der Waals surface area contributed by atoms with Gasteiger partial charge in [0, 0.05) is 6.07 Å². The molecule has 0 saturated carbocycles. The minimum absolute atomic E-state index is 0.0618. The third-order valence-corrected chi connectivity index (χ3v) is 4.13. The molecule has 3 aromatic rings. The summed E-state index contributed by atoms with van der Waals surface area (Å²) in [5.74, 6) is 2.99. The van der Waals surface area contributed by atoms with Gasteiger partial charge in [-0.15, -0.1) is 6.42 Å². The van der Waals surface area contributed by atoms with Gasteiger partial charge in [-0.3, -0.25) is 4.79 Å². The van der Waals surface area contributed by atoms with Crippen molar-refractivity contribution in [2.75, 3.05) is 6.61 Å². The van der Waals surface area contributed by atoms with Crippen LogP contribution in [0, 0.1) is 12.3 Å². The lowest BCUT2D eigenvalue weighted by Crippen LogP contribution is -2.11. The second-order valence-electron chi connectivity index (χ2n) is 6.96. The average molecular weight is 332 g/mol. The van der Waals surface area contributed by atoms with E-state index in [9.17, 15) is 4.79 Å². The smallest absolute Gasteiger partial charge is 0.200 e. The third-order valence-electron chi connectivity index (χ3n) is 4.13. The van der Waals surface area contributed by atoms with E-state index in [1.165, 1.54) is 11.8 Å². The lowest BCUT2D eigenvalue weighted by atomic mass is 9.86. The van der Waals surface area contributed by atoms with Gasteiger partial charge >= 0.3 is 0 Å². The van der Waals surface area contributed by atoms with Crippen LogP contribution in [0.4, 0.5) is 0 Å². The van der Waals surface area contributed by atoms with Gasteiger partial charge < -0.3 is 9.15 Å². The summed E-state index contributed by atoms with van der Waals surface area (Å²) in [6, 6.07) is 13.1. The van der Waals surface area contributed by atoms with E-state index in [4.69, 9.17) is 15.6 Å². The topological polar surface area (TPSA) is 39.4 Å². The van der Waals surface area contributed by atoms with E-state index in [-0.39, 0.29) is 17.5 Å². The molecular formula is C22H20O3. The van der Waals surface area contributed by atoms with Crippen molar-refractivity contribution in [3.05, 3.63) is 64.5 Å². The van der Waals surface area contributed by atoms with Crippen LogP contribution in [-0.2, 0) is 5.41 Å². The Morgan fingerprint density at radius 3 is 2.48 bits per heavy atom. The molecule has 126 valence electrons. The molecule has 0 bridgehead atoms. The zero-order valence-corrected chi connectivity index (χ0v) is 14.6. The van der Waals surface area contributed by atoms with Crippen LogP contribution in [0.25, 0.3) is 22.1 Å². The zero-order chi connectivity index (χ0) is 18.0. The van der Waals surface area contributed by atoms with Gasteiger partial charge in [-0.25, -0.2) is 0 Å². The van der Waals surface area contributed by atoms with Gasteiger partial charge in [-0.05, 0) is 28.7 Å². The summed E-state index contributed by atoms with van der Waals surface area (Å²) in [5.41, 5.74) is 3.10. The Kier molecular flexibility index (Phi) is 4.37. The van der Waals surface area contributed by atoms with Crippen LogP contribution in [0.3, 0.4) is 0 Å². The van der Waals surface area contributed by atoms with Gasteiger partial charge in [-0.1, -0.05) is 51.0 Å². The second kappa shape index (κ2) is 6.49. The summed E-state index contributed by atoms with van der Waals surface area (Å²) in [7, 11) is 0. The maximum atomic E-state index is 12.8. The van der Waals surface area contributed by atoms with Crippen molar-refractivity contribution in [2.24, 2.45) is 0 Å². The van der Waals surface area contributed by atoms with Crippen LogP contribution in [0.15, 0.2) is 57.9 Å². The number of terminal acetylenes is 1. The van der Waals surface area contributed by atoms with Crippen molar-refractivity contribution in [1.82, 2.24) is 0 Å². The molecule has 25 heavy (non-hydrogen) atoms. The molecule has 0 aliphatic heterocycles. The predicted molar refractivity (Wildman–Crippen MR) is 101 cm³/mol. The fraction of sp³-hybridized carbons (Fsp3) is 0.227. The van der Waals surface area contributed by atoms with E-state index in [1.54, 1.807) is 18.2 Å². The van der Waals surface area contributed by atoms with E-state index >= 15 is 0 Å². The number of ether oxygens (including phenoxy) is 1. The van der Waals surface area contributed by atoms with Crippen molar-refractivity contribution in [3.8, 4) is 29.2 Å². The SMILES string of the molecule is C#CCOc1ccc2c(=O)c(-c3ccc(C(C)(C)C)cc3)coc2c1. The maximum Gasteiger partial charge on any atom is 0.200 e. The Hall–Kier alpha value is -2.99. The lowest BCUT2D eigenvalue weighted by molar-refractivity contribution is 0.370. The minimum atomic E-state index is -0.0618. The number of fused-ring (bicyclic) bond motifs is 1. The van der Waals surface area contributed by atoms with Crippen molar-refractivity contribution < 1.29 is 9.15 Å². The Bertz CT molecular complexity index is 997. The van der Waals surface area contributed by atoms with Crippen LogP contribution in [-0.4, -0.2) is 6.61 Å². The maximum absolute atomic E-state index is 12.8. The number of hydrogen-bond donors (Lipinski definition) is 0. The molecule has 0 saturated heterocycles. The standard InChI is InChI=1S/C22H20O3/c1-5-12-24-17-10-11-18-20(13-17)25-14-19(21(18)23)15-6-8-16(9-7-15)22(2,3)4/h1,6-11,13-14H,12H2,2-4H3. The Balaban J connectivity index is 2.02. The molecule has 3 rings (SSSR count). The molecule has 0 aliphatic carbocycles. The monoisotopic (exact) mass is 332 g/mol. The number of hydrogen-bond acceptors (Lipinski definition) is 3. The fourth-order valence-corrected chi connectivity index (χ4v) is 2.67. The van der Waals surface area contributed by atoms with Gasteiger partial charge in [0.15, 0.2) is 5.43 Å². The molecule has 3 heteroatoms. The second-order valence-corrected chi connectivity index (χ2v) is 6.96. The van der Waals surface area contributed by atoms with E-state index in [1.807, 2.05) is 12.1 Å². The van der Waals surface area contributed by atoms with Gasteiger partial charge in [0.1, 0.15) is 24.2 Å². The first-order chi connectivity index (χ1) is 11.9. The van der Waals surface area contributed by atoms with E-state index in [0.29, 0.717) is 22.3 Å². The van der Waals surface area contributed by atoms with Crippen LogP contribution in [0.2, 0.25) is 0 Å². The van der Waals surface area contributed by atoms with Gasteiger partial charge in [0.2, 0.25) is 0 Å². The number of benzene rings is 2. The van der Waals surface area contributed by atoms with Gasteiger partial charge in [-0.2, -0.15) is 0 Å². The first kappa shape index (κ1) is 16.9. The molecule has 0 radical (unpaired) electrons. The molecule has 1 aromatic heterocycles. The molecule has 3 nitrogen and oxygen atoms in total. The molecule has 0 fully saturated rings. The highest BCUT2D eigenvalue weighted by atomic mass is 16.5. The Morgan fingerprint density at radius 2 is 1.84 bits per heavy atom. The molecule has 0 unspecified atom stereocenters. The van der Waals surface area contributed by atoms with Crippen molar-refractivity contribution in [3.63, 3.8) is 0 Å². The summed E-state index contributed by atoms with van der Waals surface area (Å²) < 4.78 is 11.0. The minimum Gasteiger partial charge on any atom is -0.481 e. The third kappa shape index (κ3) is 3.44. The van der Waals surface area contributed by atoms with Crippen LogP contribution < -0.4 is 10.2 Å². The molecule has 0 aliphatic rings. The van der Waals surface area contributed by atoms with Crippen molar-refractivity contribution in [1.29, 1.82) is 0 Å². The van der Waals surface area contributed by atoms with E-state index < -0.39 is 0 Å². The summed E-state index contributed by atoms with van der Waals surface area (Å²) in [6.45, 7) is 6.65. The highest BCUT2D eigenvalue weighted by molar-refractivity contribution is 5.82. The summed E-state index contributed by atoms with van der Waals surface area (Å²) in [6.07, 6.45) is 6.69. The quantitative estimate of drug-likeness (QED) is 0.649. The van der Waals surface area contributed by atoms with Crippen LogP contribution in [0.5, 0.6) is 5.75 Å². The first-order valence-corrected chi connectivity index (χ1v) is 8.13. The highest BCUT2D eigenvalue weighted by Gasteiger charge is 2.15. The van der Waals surface area contributed by atoms with E-state index in [2.05, 4.69) is 38.8 Å². The molecule has 0 atom stereocenters. The summed E-state index contributed by atoms with van der Waals surface area (Å²) in [5, 5.41) is 0.519. The molecule has 0 amide bonds. The van der Waals surface area contributed by atoms with Gasteiger partial charge in [0.25, 0.3) is 0 Å². The van der Waals surface area contributed by atoms with E-state index in [0.717, 1.165) is 5.56 Å². The highest BCUT2D eigenvalue weighted by Crippen LogP contribution is 2.26. The zero-order valence-electron chi connectivity index (χ0n) is 14.6. The molecule has 0 spiro atoms. The fourth-order valence-electron chi connectivity index (χ4n) is 2.67. The average Bonchev–Trinajstić information content (AvgIpc) is 2.59. The number of rotatable bonds is 3. The Morgan fingerprint density at radius 1 is 1.12 bits per heavy atom. The van der Waals surface area contributed by atoms with Crippen molar-refractivity contribution in [2.45, 2.75) is 26.2 Å². The summed E-state index contributed by atoms with van der Waals surface area (Å²) in [4.78, 5) is 12.8. The first-order valence-electron chi connectivity index (χ1n) is 8.13. The Labute approximate surface area is 147 Å². The largest absolute Gasteiger partial charge is 0.481 e. The predicted octanol–water partition coefficient (Wildman–Crippen LogP) is 4.77. The van der Waals surface area contributed by atoms with Crippen molar-refractivity contribution >= 4 is 11.0 Å². The molecule has 2 aromatic carbocycles. The molecule has 0 N–H and O–H groups in total. The lowest BCUT2D eigenvalue weighted by Gasteiger charge is -2.19. The molecule has 1 heterocycles. The van der Waals surface area contributed by atoms with Gasteiger partial charge in [0.05, 0.1) is 10.9 Å².